The highest BCUT2D eigenvalue weighted by molar-refractivity contribution is 6.14. The van der Waals surface area contributed by atoms with Crippen LogP contribution in [0.15, 0.2) is 77.0 Å². The molecule has 1 amide bonds. The maximum atomic E-state index is 13.5. The SMILES string of the molecule is CC1=CC2NC=C(C(=O)NC3=CC=CNC3)N2N=C1c1ccccc1C(F)(F)F. The van der Waals surface area contributed by atoms with Gasteiger partial charge in [-0.25, -0.2) is 5.01 Å². The van der Waals surface area contributed by atoms with Crippen LogP contribution in [-0.2, 0) is 11.0 Å². The highest BCUT2D eigenvalue weighted by Gasteiger charge is 2.37. The number of hydrogen-bond donors (Lipinski definition) is 3. The Labute approximate surface area is 165 Å². The summed E-state index contributed by atoms with van der Waals surface area (Å²) in [4.78, 5) is 12.7. The lowest BCUT2D eigenvalue weighted by Gasteiger charge is -2.28. The molecule has 4 rings (SSSR count). The fourth-order valence-corrected chi connectivity index (χ4v) is 3.32. The molecule has 0 fully saturated rings. The average molecular weight is 401 g/mol. The molecule has 1 aromatic carbocycles. The van der Waals surface area contributed by atoms with Gasteiger partial charge in [-0.2, -0.15) is 18.3 Å². The zero-order valence-electron chi connectivity index (χ0n) is 15.4. The third-order valence-electron chi connectivity index (χ3n) is 4.69. The summed E-state index contributed by atoms with van der Waals surface area (Å²) in [5.74, 6) is -0.400. The maximum absolute atomic E-state index is 13.5. The van der Waals surface area contributed by atoms with E-state index in [2.05, 4.69) is 21.1 Å². The van der Waals surface area contributed by atoms with Crippen LogP contribution in [0.1, 0.15) is 18.1 Å². The van der Waals surface area contributed by atoms with Crippen molar-refractivity contribution >= 4 is 11.6 Å². The Morgan fingerprint density at radius 1 is 1.31 bits per heavy atom. The van der Waals surface area contributed by atoms with Crippen LogP contribution in [0.4, 0.5) is 13.2 Å². The van der Waals surface area contributed by atoms with Gasteiger partial charge in [-0.3, -0.25) is 4.79 Å². The molecule has 0 bridgehead atoms. The summed E-state index contributed by atoms with van der Waals surface area (Å²) in [6.45, 7) is 2.17. The minimum absolute atomic E-state index is 0.0248. The number of carbonyl (C=O) groups excluding carboxylic acids is 1. The number of amides is 1. The second-order valence-corrected chi connectivity index (χ2v) is 6.71. The van der Waals surface area contributed by atoms with Crippen LogP contribution < -0.4 is 16.0 Å². The van der Waals surface area contributed by atoms with Crippen molar-refractivity contribution < 1.29 is 18.0 Å². The summed E-state index contributed by atoms with van der Waals surface area (Å²) < 4.78 is 40.4. The monoisotopic (exact) mass is 401 g/mol. The minimum Gasteiger partial charge on any atom is -0.385 e. The smallest absolute Gasteiger partial charge is 0.385 e. The average Bonchev–Trinajstić information content (AvgIpc) is 3.10. The van der Waals surface area contributed by atoms with Crippen molar-refractivity contribution in [2.24, 2.45) is 5.10 Å². The van der Waals surface area contributed by atoms with Gasteiger partial charge in [0.15, 0.2) is 0 Å². The molecule has 9 heteroatoms. The normalized spacial score (nSPS) is 20.6. The number of rotatable bonds is 3. The summed E-state index contributed by atoms with van der Waals surface area (Å²) in [6, 6.07) is 5.29. The number of nitrogens with zero attached hydrogens (tertiary/aromatic N) is 2. The number of allylic oxidation sites excluding steroid dienone is 3. The molecule has 6 nitrogen and oxygen atoms in total. The van der Waals surface area contributed by atoms with Gasteiger partial charge in [-0.05, 0) is 43.0 Å². The van der Waals surface area contributed by atoms with Crippen LogP contribution in [0.5, 0.6) is 0 Å². The van der Waals surface area contributed by atoms with Crippen LogP contribution in [0, 0.1) is 0 Å². The molecule has 1 atom stereocenters. The number of fused-ring (bicyclic) bond motifs is 1. The van der Waals surface area contributed by atoms with E-state index in [0.29, 0.717) is 17.8 Å². The lowest BCUT2D eigenvalue weighted by Crippen LogP contribution is -2.40. The van der Waals surface area contributed by atoms with E-state index in [4.69, 9.17) is 0 Å². The number of halogens is 3. The standard InChI is InChI=1S/C20H18F3N5O/c1-12-9-17-25-11-16(19(29)26-13-5-4-8-24-10-13)28(17)27-18(12)14-6-2-3-7-15(14)20(21,22)23/h2-9,11,17,24-25H,10H2,1H3,(H,26,29). The number of dihydropyridines is 1. The highest BCUT2D eigenvalue weighted by Crippen LogP contribution is 2.34. The van der Waals surface area contributed by atoms with E-state index < -0.39 is 23.8 Å². The molecule has 0 saturated carbocycles. The summed E-state index contributed by atoms with van der Waals surface area (Å²) in [6.07, 6.45) is 3.60. The Kier molecular flexibility index (Phi) is 4.65. The second-order valence-electron chi connectivity index (χ2n) is 6.71. The van der Waals surface area contributed by atoms with Crippen LogP contribution in [0.3, 0.4) is 0 Å². The molecule has 0 radical (unpaired) electrons. The van der Waals surface area contributed by atoms with Crippen LogP contribution >= 0.6 is 0 Å². The van der Waals surface area contributed by atoms with E-state index in [9.17, 15) is 18.0 Å². The van der Waals surface area contributed by atoms with E-state index in [0.717, 1.165) is 6.07 Å². The van der Waals surface area contributed by atoms with Crippen molar-refractivity contribution in [1.29, 1.82) is 0 Å². The number of benzene rings is 1. The Hall–Kier alpha value is -3.49. The predicted octanol–water partition coefficient (Wildman–Crippen LogP) is 2.56. The molecule has 3 aliphatic heterocycles. The van der Waals surface area contributed by atoms with Crippen molar-refractivity contribution in [1.82, 2.24) is 21.0 Å². The lowest BCUT2D eigenvalue weighted by atomic mass is 9.96. The highest BCUT2D eigenvalue weighted by atomic mass is 19.4. The Morgan fingerprint density at radius 3 is 2.83 bits per heavy atom. The van der Waals surface area contributed by atoms with E-state index in [1.165, 1.54) is 29.4 Å². The van der Waals surface area contributed by atoms with Gasteiger partial charge in [-0.1, -0.05) is 18.2 Å². The fraction of sp³-hybridized carbons (Fsp3) is 0.200. The van der Waals surface area contributed by atoms with E-state index in [1.54, 1.807) is 31.4 Å². The number of alkyl halides is 3. The predicted molar refractivity (Wildman–Crippen MR) is 102 cm³/mol. The topological polar surface area (TPSA) is 68.8 Å². The Morgan fingerprint density at radius 2 is 2.10 bits per heavy atom. The third kappa shape index (κ3) is 3.63. The van der Waals surface area contributed by atoms with E-state index >= 15 is 0 Å². The van der Waals surface area contributed by atoms with Crippen molar-refractivity contribution in [3.8, 4) is 0 Å². The Balaban J connectivity index is 1.65. The summed E-state index contributed by atoms with van der Waals surface area (Å²) in [7, 11) is 0. The molecule has 3 aliphatic rings. The molecule has 150 valence electrons. The van der Waals surface area contributed by atoms with Gasteiger partial charge < -0.3 is 16.0 Å². The van der Waals surface area contributed by atoms with Gasteiger partial charge in [0.2, 0.25) is 0 Å². The summed E-state index contributed by atoms with van der Waals surface area (Å²) in [5, 5.41) is 14.6. The van der Waals surface area contributed by atoms with Gasteiger partial charge >= 0.3 is 6.18 Å². The molecule has 0 aliphatic carbocycles. The fourth-order valence-electron chi connectivity index (χ4n) is 3.32. The summed E-state index contributed by atoms with van der Waals surface area (Å²) in [5.41, 5.74) is 0.877. The van der Waals surface area contributed by atoms with Crippen LogP contribution in [0.2, 0.25) is 0 Å². The first-order valence-electron chi connectivity index (χ1n) is 8.94. The van der Waals surface area contributed by atoms with Gasteiger partial charge in [0.05, 0.1) is 17.8 Å². The number of nitrogens with one attached hydrogen (secondary N) is 3. The summed E-state index contributed by atoms with van der Waals surface area (Å²) >= 11 is 0. The number of hydrogen-bond acceptors (Lipinski definition) is 5. The molecule has 0 aromatic heterocycles. The first-order chi connectivity index (χ1) is 13.8. The third-order valence-corrected chi connectivity index (χ3v) is 4.69. The largest absolute Gasteiger partial charge is 0.417 e. The van der Waals surface area contributed by atoms with Gasteiger partial charge in [0.1, 0.15) is 11.9 Å². The van der Waals surface area contributed by atoms with Crippen molar-refractivity contribution in [3.63, 3.8) is 0 Å². The molecule has 1 aromatic rings. The lowest BCUT2D eigenvalue weighted by molar-refractivity contribution is -0.137. The van der Waals surface area contributed by atoms with Crippen LogP contribution in [-0.4, -0.2) is 29.3 Å². The molecule has 29 heavy (non-hydrogen) atoms. The van der Waals surface area contributed by atoms with Crippen LogP contribution in [0.25, 0.3) is 0 Å². The van der Waals surface area contributed by atoms with Crippen molar-refractivity contribution in [2.45, 2.75) is 19.3 Å². The number of carbonyl (C=O) groups is 1. The molecule has 0 saturated heterocycles. The zero-order chi connectivity index (χ0) is 20.6. The quantitative estimate of drug-likeness (QED) is 0.728. The second kappa shape index (κ2) is 7.16. The van der Waals surface area contributed by atoms with E-state index in [-0.39, 0.29) is 17.0 Å². The van der Waals surface area contributed by atoms with Gasteiger partial charge in [0.25, 0.3) is 5.91 Å². The van der Waals surface area contributed by atoms with Crippen molar-refractivity contribution in [3.05, 3.63) is 83.0 Å². The van der Waals surface area contributed by atoms with E-state index in [1.807, 2.05) is 0 Å². The molecule has 3 heterocycles. The van der Waals surface area contributed by atoms with Gasteiger partial charge in [0, 0.05) is 17.5 Å². The molecule has 1 unspecified atom stereocenters. The van der Waals surface area contributed by atoms with Gasteiger partial charge in [-0.15, -0.1) is 0 Å². The minimum atomic E-state index is -4.51. The first kappa shape index (κ1) is 18.9. The maximum Gasteiger partial charge on any atom is 0.417 e. The Bertz CT molecular complexity index is 1000. The molecule has 0 spiro atoms. The molecule has 3 N–H and O–H groups in total. The van der Waals surface area contributed by atoms with Crippen molar-refractivity contribution in [2.75, 3.05) is 6.54 Å². The first-order valence-corrected chi connectivity index (χ1v) is 8.94. The number of hydrazone groups is 1. The molecular formula is C20H18F3N5O. The molecular weight excluding hydrogens is 383 g/mol. The zero-order valence-corrected chi connectivity index (χ0v) is 15.4.